The van der Waals surface area contributed by atoms with Crippen LogP contribution in [-0.4, -0.2) is 53.4 Å². The maximum absolute atomic E-state index is 12.3. The first-order chi connectivity index (χ1) is 10.1. The lowest BCUT2D eigenvalue weighted by Gasteiger charge is -2.20. The van der Waals surface area contributed by atoms with Crippen molar-refractivity contribution >= 4 is 29.5 Å². The first kappa shape index (κ1) is 13.9. The van der Waals surface area contributed by atoms with Gasteiger partial charge in [0.25, 0.3) is 11.8 Å². The second-order valence-corrected chi connectivity index (χ2v) is 5.46. The zero-order valence-corrected chi connectivity index (χ0v) is 11.9. The van der Waals surface area contributed by atoms with Gasteiger partial charge >= 0.3 is 6.09 Å². The zero-order valence-electron chi connectivity index (χ0n) is 11.1. The van der Waals surface area contributed by atoms with Gasteiger partial charge in [-0.1, -0.05) is 11.6 Å². The first-order valence-electron chi connectivity index (χ1n) is 6.60. The number of rotatable bonds is 2. The molecule has 0 spiro atoms. The molecule has 2 fully saturated rings. The highest BCUT2D eigenvalue weighted by Crippen LogP contribution is 2.22. The van der Waals surface area contributed by atoms with Gasteiger partial charge in [0.2, 0.25) is 0 Å². The number of cyclic esters (lactones) is 1. The SMILES string of the molecule is O=C(c1ccc(Cl)cc1)N1CCC(N2C(=O)COC2=O)C1. The average Bonchev–Trinajstić information content (AvgIpc) is 3.06. The van der Waals surface area contributed by atoms with Gasteiger partial charge in [-0.25, -0.2) is 9.69 Å². The van der Waals surface area contributed by atoms with E-state index >= 15 is 0 Å². The standard InChI is InChI=1S/C14H13ClN2O4/c15-10-3-1-9(2-4-10)13(19)16-6-5-11(7-16)17-12(18)8-21-14(17)20/h1-4,11H,5-8H2. The van der Waals surface area contributed by atoms with E-state index < -0.39 is 6.09 Å². The molecule has 0 radical (unpaired) electrons. The molecule has 2 saturated heterocycles. The highest BCUT2D eigenvalue weighted by atomic mass is 35.5. The molecule has 6 nitrogen and oxygen atoms in total. The summed E-state index contributed by atoms with van der Waals surface area (Å²) in [6.07, 6.45) is -0.0500. The second-order valence-electron chi connectivity index (χ2n) is 5.02. The Balaban J connectivity index is 1.69. The van der Waals surface area contributed by atoms with Crippen molar-refractivity contribution in [2.75, 3.05) is 19.7 Å². The van der Waals surface area contributed by atoms with Crippen molar-refractivity contribution < 1.29 is 19.1 Å². The molecular formula is C14H13ClN2O4. The number of halogens is 1. The van der Waals surface area contributed by atoms with Gasteiger partial charge in [-0.2, -0.15) is 0 Å². The molecule has 110 valence electrons. The van der Waals surface area contributed by atoms with Crippen molar-refractivity contribution in [2.45, 2.75) is 12.5 Å². The minimum absolute atomic E-state index is 0.130. The van der Waals surface area contributed by atoms with Crippen LogP contribution in [0.2, 0.25) is 5.02 Å². The maximum atomic E-state index is 12.3. The minimum atomic E-state index is -0.620. The molecule has 1 aromatic carbocycles. The van der Waals surface area contributed by atoms with Crippen LogP contribution in [0.3, 0.4) is 0 Å². The van der Waals surface area contributed by atoms with Crippen molar-refractivity contribution in [2.24, 2.45) is 0 Å². The molecular weight excluding hydrogens is 296 g/mol. The normalized spacial score (nSPS) is 21.9. The summed E-state index contributed by atoms with van der Waals surface area (Å²) in [5, 5.41) is 0.566. The lowest BCUT2D eigenvalue weighted by molar-refractivity contribution is -0.127. The molecule has 1 atom stereocenters. The number of carbonyl (C=O) groups excluding carboxylic acids is 3. The quantitative estimate of drug-likeness (QED) is 0.831. The van der Waals surface area contributed by atoms with Gasteiger partial charge in [-0.3, -0.25) is 9.59 Å². The van der Waals surface area contributed by atoms with Gasteiger partial charge in [0.15, 0.2) is 6.61 Å². The van der Waals surface area contributed by atoms with Gasteiger partial charge in [-0.15, -0.1) is 0 Å². The van der Waals surface area contributed by atoms with E-state index in [0.29, 0.717) is 30.1 Å². The second kappa shape index (κ2) is 5.37. The molecule has 0 N–H and O–H groups in total. The predicted molar refractivity (Wildman–Crippen MR) is 74.0 cm³/mol. The molecule has 3 amide bonds. The Morgan fingerprint density at radius 2 is 1.95 bits per heavy atom. The summed E-state index contributed by atoms with van der Waals surface area (Å²) in [6, 6.07) is 6.33. The van der Waals surface area contributed by atoms with Crippen LogP contribution in [0.25, 0.3) is 0 Å². The molecule has 0 aromatic heterocycles. The van der Waals surface area contributed by atoms with E-state index in [1.54, 1.807) is 29.2 Å². The lowest BCUT2D eigenvalue weighted by atomic mass is 10.2. The fraction of sp³-hybridized carbons (Fsp3) is 0.357. The van der Waals surface area contributed by atoms with Gasteiger partial charge in [0.1, 0.15) is 0 Å². The molecule has 2 aliphatic rings. The molecule has 2 heterocycles. The van der Waals surface area contributed by atoms with E-state index in [9.17, 15) is 14.4 Å². The van der Waals surface area contributed by atoms with Crippen LogP contribution in [-0.2, 0) is 9.53 Å². The van der Waals surface area contributed by atoms with E-state index in [-0.39, 0.29) is 24.5 Å². The van der Waals surface area contributed by atoms with E-state index in [4.69, 9.17) is 16.3 Å². The largest absolute Gasteiger partial charge is 0.439 e. The van der Waals surface area contributed by atoms with E-state index in [2.05, 4.69) is 0 Å². The highest BCUT2D eigenvalue weighted by Gasteiger charge is 2.41. The van der Waals surface area contributed by atoms with Gasteiger partial charge in [0, 0.05) is 23.7 Å². The number of likely N-dealkylation sites (tertiary alicyclic amines) is 1. The molecule has 2 aliphatic heterocycles. The van der Waals surface area contributed by atoms with Crippen molar-refractivity contribution in [3.8, 4) is 0 Å². The number of imide groups is 1. The lowest BCUT2D eigenvalue weighted by Crippen LogP contribution is -2.42. The maximum Gasteiger partial charge on any atom is 0.417 e. The van der Waals surface area contributed by atoms with Crippen LogP contribution >= 0.6 is 11.6 Å². The summed E-state index contributed by atoms with van der Waals surface area (Å²) in [5.74, 6) is -0.472. The number of hydrogen-bond acceptors (Lipinski definition) is 4. The van der Waals surface area contributed by atoms with Crippen LogP contribution in [0.1, 0.15) is 16.8 Å². The first-order valence-corrected chi connectivity index (χ1v) is 6.98. The minimum Gasteiger partial charge on any atom is -0.439 e. The third-order valence-electron chi connectivity index (χ3n) is 3.69. The predicted octanol–water partition coefficient (Wildman–Crippen LogP) is 1.53. The fourth-order valence-corrected chi connectivity index (χ4v) is 2.76. The molecule has 1 unspecified atom stereocenters. The summed E-state index contributed by atoms with van der Waals surface area (Å²) >= 11 is 5.80. The van der Waals surface area contributed by atoms with Crippen LogP contribution in [0.4, 0.5) is 4.79 Å². The average molecular weight is 309 g/mol. The smallest absolute Gasteiger partial charge is 0.417 e. The molecule has 0 aliphatic carbocycles. The van der Waals surface area contributed by atoms with Crippen molar-refractivity contribution in [3.05, 3.63) is 34.9 Å². The molecule has 0 bridgehead atoms. The third-order valence-corrected chi connectivity index (χ3v) is 3.94. The van der Waals surface area contributed by atoms with Crippen molar-refractivity contribution in [3.63, 3.8) is 0 Å². The highest BCUT2D eigenvalue weighted by molar-refractivity contribution is 6.30. The van der Waals surface area contributed by atoms with Gasteiger partial charge < -0.3 is 9.64 Å². The molecule has 3 rings (SSSR count). The fourth-order valence-electron chi connectivity index (χ4n) is 2.63. The number of hydrogen-bond donors (Lipinski definition) is 0. The molecule has 21 heavy (non-hydrogen) atoms. The van der Waals surface area contributed by atoms with Crippen molar-refractivity contribution in [1.82, 2.24) is 9.80 Å². The summed E-state index contributed by atoms with van der Waals surface area (Å²) < 4.78 is 4.70. The number of nitrogens with zero attached hydrogens (tertiary/aromatic N) is 2. The Labute approximate surface area is 126 Å². The molecule has 7 heteroatoms. The molecule has 1 aromatic rings. The number of amides is 3. The third kappa shape index (κ3) is 2.58. The monoisotopic (exact) mass is 308 g/mol. The van der Waals surface area contributed by atoms with E-state index in [0.717, 1.165) is 4.90 Å². The van der Waals surface area contributed by atoms with E-state index in [1.165, 1.54) is 0 Å². The number of carbonyl (C=O) groups is 3. The number of ether oxygens (including phenoxy) is 1. The summed E-state index contributed by atoms with van der Waals surface area (Å²) in [7, 11) is 0. The molecule has 0 saturated carbocycles. The Hall–Kier alpha value is -2.08. The summed E-state index contributed by atoms with van der Waals surface area (Å²) in [5.41, 5.74) is 0.537. The van der Waals surface area contributed by atoms with Crippen LogP contribution in [0.5, 0.6) is 0 Å². The van der Waals surface area contributed by atoms with Gasteiger partial charge in [-0.05, 0) is 30.7 Å². The van der Waals surface area contributed by atoms with E-state index in [1.807, 2.05) is 0 Å². The Kier molecular flexibility index (Phi) is 3.55. The number of benzene rings is 1. The summed E-state index contributed by atoms with van der Waals surface area (Å²) in [4.78, 5) is 38.2. The Bertz CT molecular complexity index is 585. The topological polar surface area (TPSA) is 66.9 Å². The summed E-state index contributed by atoms with van der Waals surface area (Å²) in [6.45, 7) is 0.631. The Morgan fingerprint density at radius 3 is 2.57 bits per heavy atom. The van der Waals surface area contributed by atoms with Crippen LogP contribution < -0.4 is 0 Å². The Morgan fingerprint density at radius 1 is 1.24 bits per heavy atom. The van der Waals surface area contributed by atoms with Gasteiger partial charge in [0.05, 0.1) is 6.04 Å². The van der Waals surface area contributed by atoms with Crippen molar-refractivity contribution in [1.29, 1.82) is 0 Å². The zero-order chi connectivity index (χ0) is 15.0. The van der Waals surface area contributed by atoms with Crippen LogP contribution in [0.15, 0.2) is 24.3 Å². The van der Waals surface area contributed by atoms with Crippen LogP contribution in [0, 0.1) is 0 Å².